The van der Waals surface area contributed by atoms with Gasteiger partial charge in [0, 0.05) is 58.7 Å². The Kier molecular flexibility index (Phi) is 17.0. The third-order valence-corrected chi connectivity index (χ3v) is 14.7. The molecule has 1 N–H and O–H groups in total. The number of likely N-dealkylation sites (tertiary alicyclic amines) is 1. The molecule has 5 atom stereocenters. The van der Waals surface area contributed by atoms with Crippen LogP contribution >= 0.6 is 0 Å². The summed E-state index contributed by atoms with van der Waals surface area (Å²) < 4.78 is 92.6. The molecule has 1 amide bonds. The lowest BCUT2D eigenvalue weighted by molar-refractivity contribution is -0.938. The second kappa shape index (κ2) is 21.8. The summed E-state index contributed by atoms with van der Waals surface area (Å²) in [6.07, 6.45) is -5.21. The molecule has 3 unspecified atom stereocenters. The van der Waals surface area contributed by atoms with Crippen molar-refractivity contribution in [2.45, 2.75) is 106 Å². The number of esters is 1. The monoisotopic (exact) mass is 1020 g/mol. The zero-order valence-electron chi connectivity index (χ0n) is 39.2. The number of amides is 1. The zero-order valence-corrected chi connectivity index (χ0v) is 40.8. The molecular formula is C52H63BrF6N4O5. The van der Waals surface area contributed by atoms with Gasteiger partial charge in [-0.15, -0.1) is 0 Å². The molecule has 4 aromatic carbocycles. The third-order valence-electron chi connectivity index (χ3n) is 14.7. The third kappa shape index (κ3) is 11.8. The predicted molar refractivity (Wildman–Crippen MR) is 243 cm³/mol. The van der Waals surface area contributed by atoms with E-state index in [1.54, 1.807) is 0 Å². The largest absolute Gasteiger partial charge is 1.00 e. The Morgan fingerprint density at radius 1 is 0.765 bits per heavy atom. The van der Waals surface area contributed by atoms with Crippen molar-refractivity contribution in [1.29, 1.82) is 0 Å². The van der Waals surface area contributed by atoms with E-state index < -0.39 is 34.9 Å². The highest BCUT2D eigenvalue weighted by atomic mass is 79.9. The Hall–Kier alpha value is -4.32. The van der Waals surface area contributed by atoms with Gasteiger partial charge in [0.05, 0.1) is 25.2 Å². The average Bonchev–Trinajstić information content (AvgIpc) is 4.09. The normalized spacial score (nSPS) is 22.8. The van der Waals surface area contributed by atoms with Crippen molar-refractivity contribution in [3.63, 3.8) is 0 Å². The summed E-state index contributed by atoms with van der Waals surface area (Å²) in [6, 6.07) is 31.2. The number of hydrogen-bond donors (Lipinski definition) is 1. The highest BCUT2D eigenvalue weighted by Gasteiger charge is 2.71. The summed E-state index contributed by atoms with van der Waals surface area (Å²) in [4.78, 5) is 32.9. The van der Waals surface area contributed by atoms with Gasteiger partial charge in [-0.1, -0.05) is 91.0 Å². The Labute approximate surface area is 406 Å². The number of likely N-dealkylation sites (N-methyl/N-ethyl adjacent to an activating group) is 2. The summed E-state index contributed by atoms with van der Waals surface area (Å²) in [5.41, 5.74) is -0.979. The van der Waals surface area contributed by atoms with Crippen molar-refractivity contribution in [2.75, 3.05) is 61.0 Å². The summed E-state index contributed by atoms with van der Waals surface area (Å²) >= 11 is 0. The number of carbonyl (C=O) groups is 2. The summed E-state index contributed by atoms with van der Waals surface area (Å²) in [7, 11) is 8.12. The molecule has 4 aliphatic rings. The number of ether oxygens (including phenoxy) is 2. The number of hydrogen-bond acceptors (Lipinski definition) is 7. The standard InChI is InChI=1S/C28H35F6N3O2.C24H28NO3.BrH/c1-35(12-6-16-38)24-10-14-37(15-11-24)25(21-7-4-3-5-8-21)26(39)36(2)13-9-20-17-22(27(29,30)31)19-23(18-20)28(32,33)34;1-24(16-10-6-4-7-11-16,17-12-8-5-9-13-17)23(26)27-18-14-19-21-22(28-21)20(15-18)25(19,2)3;/h3-5,7-8,17-19,24-25,38H,6,9-16H2,1-2H3;4-13,18-22H,14-15H2,1-3H3;1H/q;+1;/p-1/t;18?,19?,20?,21-,22-;/m.0./s1. The Balaban J connectivity index is 0.000000231. The molecule has 0 aliphatic carbocycles. The van der Waals surface area contributed by atoms with Gasteiger partial charge in [-0.25, -0.2) is 0 Å². The Morgan fingerprint density at radius 3 is 1.72 bits per heavy atom. The number of carbonyl (C=O) groups excluding carboxylic acids is 2. The van der Waals surface area contributed by atoms with Crippen molar-refractivity contribution in [3.8, 4) is 0 Å². The van der Waals surface area contributed by atoms with Crippen LogP contribution in [-0.2, 0) is 43.3 Å². The summed E-state index contributed by atoms with van der Waals surface area (Å²) in [6.45, 7) is 4.14. The molecule has 68 heavy (non-hydrogen) atoms. The molecule has 4 heterocycles. The van der Waals surface area contributed by atoms with Crippen LogP contribution in [0.2, 0.25) is 0 Å². The highest BCUT2D eigenvalue weighted by Crippen LogP contribution is 2.52. The van der Waals surface area contributed by atoms with E-state index in [-0.39, 0.29) is 66.2 Å². The molecule has 4 fully saturated rings. The second-order valence-electron chi connectivity index (χ2n) is 19.2. The topological polar surface area (TPSA) is 85.9 Å². The van der Waals surface area contributed by atoms with Crippen molar-refractivity contribution in [1.82, 2.24) is 14.7 Å². The van der Waals surface area contributed by atoms with Crippen LogP contribution in [0.25, 0.3) is 0 Å². The molecular weight excluding hydrogens is 954 g/mol. The number of aliphatic hydroxyl groups is 1. The predicted octanol–water partition coefficient (Wildman–Crippen LogP) is 5.54. The van der Waals surface area contributed by atoms with Gasteiger partial charge in [-0.3, -0.25) is 14.5 Å². The minimum Gasteiger partial charge on any atom is -1.00 e. The molecule has 0 spiro atoms. The maximum atomic E-state index is 13.7. The molecule has 4 saturated heterocycles. The van der Waals surface area contributed by atoms with Crippen molar-refractivity contribution in [2.24, 2.45) is 0 Å². The van der Waals surface area contributed by atoms with Gasteiger partial charge in [0.15, 0.2) is 0 Å². The minimum absolute atomic E-state index is 0. The van der Waals surface area contributed by atoms with Crippen LogP contribution in [0, 0.1) is 0 Å². The zero-order chi connectivity index (χ0) is 48.3. The maximum Gasteiger partial charge on any atom is 0.416 e. The number of epoxide rings is 1. The van der Waals surface area contributed by atoms with Crippen molar-refractivity contribution >= 4 is 11.9 Å². The van der Waals surface area contributed by atoms with E-state index in [4.69, 9.17) is 14.6 Å². The van der Waals surface area contributed by atoms with E-state index in [9.17, 15) is 35.9 Å². The number of halogens is 7. The number of benzene rings is 4. The van der Waals surface area contributed by atoms with Gasteiger partial charge in [0.2, 0.25) is 5.91 Å². The molecule has 8 rings (SSSR count). The van der Waals surface area contributed by atoms with Crippen LogP contribution in [-0.4, -0.2) is 134 Å². The van der Waals surface area contributed by atoms with Crippen LogP contribution in [0.4, 0.5) is 26.3 Å². The smallest absolute Gasteiger partial charge is 0.416 e. The minimum atomic E-state index is -4.92. The van der Waals surface area contributed by atoms with Gasteiger partial charge in [0.25, 0.3) is 0 Å². The quantitative estimate of drug-likeness (QED) is 0.0770. The first-order valence-electron chi connectivity index (χ1n) is 23.2. The molecule has 370 valence electrons. The molecule has 9 nitrogen and oxygen atoms in total. The van der Waals surface area contributed by atoms with Crippen molar-refractivity contribution in [3.05, 3.63) is 143 Å². The van der Waals surface area contributed by atoms with Crippen LogP contribution < -0.4 is 17.0 Å². The van der Waals surface area contributed by atoms with E-state index in [1.807, 2.05) is 105 Å². The highest BCUT2D eigenvalue weighted by molar-refractivity contribution is 5.87. The van der Waals surface area contributed by atoms with Gasteiger partial charge >= 0.3 is 18.3 Å². The maximum absolute atomic E-state index is 13.7. The fourth-order valence-electron chi connectivity index (χ4n) is 10.5. The molecule has 0 saturated carbocycles. The first-order chi connectivity index (χ1) is 31.7. The first kappa shape index (κ1) is 53.0. The lowest BCUT2D eigenvalue weighted by Gasteiger charge is -2.45. The van der Waals surface area contributed by atoms with E-state index in [1.165, 1.54) is 11.9 Å². The van der Waals surface area contributed by atoms with Gasteiger partial charge in [-0.05, 0) is 80.1 Å². The lowest BCUT2D eigenvalue weighted by atomic mass is 9.76. The number of nitrogens with zero attached hydrogens (tertiary/aromatic N) is 4. The fourth-order valence-corrected chi connectivity index (χ4v) is 10.5. The SMILES string of the molecule is CC(C(=O)OC1CC2[C@@H]3O[C@H]3C(C1)[N+]2(C)C)(c1ccccc1)c1ccccc1.CN(CCc1cc(C(F)(F)F)cc(C(F)(F)F)c1)C(=O)C(c1ccccc1)N1CCC(N(C)CCCO)CC1.[Br-]. The fraction of sp³-hybridized carbons (Fsp3) is 0.500. The molecule has 4 aromatic rings. The number of aliphatic hydroxyl groups excluding tert-OH is 1. The summed E-state index contributed by atoms with van der Waals surface area (Å²) in [5.74, 6) is -0.424. The number of rotatable bonds is 14. The Bertz CT molecular complexity index is 2190. The number of alkyl halides is 6. The molecule has 0 radical (unpaired) electrons. The molecule has 0 aromatic heterocycles. The van der Waals surface area contributed by atoms with E-state index in [0.29, 0.717) is 62.0 Å². The summed E-state index contributed by atoms with van der Waals surface area (Å²) in [5, 5.41) is 9.11. The van der Waals surface area contributed by atoms with Gasteiger partial charge in [0.1, 0.15) is 41.9 Å². The first-order valence-corrected chi connectivity index (χ1v) is 23.2. The van der Waals surface area contributed by atoms with Crippen molar-refractivity contribution < 1.29 is 72.0 Å². The number of piperidine rings is 2. The van der Waals surface area contributed by atoms with Crippen LogP contribution in [0.15, 0.2) is 109 Å². The number of fused-ring (bicyclic) bond motifs is 5. The Morgan fingerprint density at radius 2 is 1.25 bits per heavy atom. The molecule has 4 aliphatic heterocycles. The van der Waals surface area contributed by atoms with Gasteiger partial charge in [-0.2, -0.15) is 26.3 Å². The molecule has 16 heteroatoms. The second-order valence-corrected chi connectivity index (χ2v) is 19.2. The number of quaternary nitrogens is 1. The number of morpholine rings is 1. The van der Waals surface area contributed by atoms with E-state index >= 15 is 0 Å². The lowest BCUT2D eigenvalue weighted by Crippen LogP contribution is -3.00. The van der Waals surface area contributed by atoms with E-state index in [0.717, 1.165) is 53.4 Å². The molecule has 2 bridgehead atoms. The van der Waals surface area contributed by atoms with E-state index in [2.05, 4.69) is 23.9 Å². The van der Waals surface area contributed by atoms with Crippen LogP contribution in [0.3, 0.4) is 0 Å². The van der Waals surface area contributed by atoms with Gasteiger partial charge < -0.3 is 45.8 Å². The van der Waals surface area contributed by atoms with Crippen LogP contribution in [0.1, 0.15) is 78.5 Å². The van der Waals surface area contributed by atoms with Crippen LogP contribution in [0.5, 0.6) is 0 Å². The average molecular weight is 1020 g/mol.